The van der Waals surface area contributed by atoms with Gasteiger partial charge < -0.3 is 41.1 Å². The zero-order valence-electron chi connectivity index (χ0n) is 19.3. The largest absolute Gasteiger partial charge is 0.504 e. The van der Waals surface area contributed by atoms with Crippen LogP contribution in [-0.4, -0.2) is 59.7 Å². The maximum atomic E-state index is 13.1. The molecule has 8 N–H and O–H groups in total. The number of carboxylic acid groups (broad SMARTS) is 2. The highest BCUT2D eigenvalue weighted by molar-refractivity contribution is 5.85. The number of rotatable bonds is 10. The van der Waals surface area contributed by atoms with E-state index in [0.717, 1.165) is 24.3 Å². The van der Waals surface area contributed by atoms with Gasteiger partial charge in [0.15, 0.2) is 35.1 Å². The van der Waals surface area contributed by atoms with Crippen molar-refractivity contribution in [3.63, 3.8) is 0 Å². The Morgan fingerprint density at radius 1 is 0.730 bits per heavy atom. The Labute approximate surface area is 210 Å². The van der Waals surface area contributed by atoms with Crippen LogP contribution in [0, 0.1) is 0 Å². The van der Waals surface area contributed by atoms with E-state index in [4.69, 9.17) is 5.11 Å². The molecule has 1 amide bonds. The number of aromatic hydroxyl groups is 4. The fourth-order valence-corrected chi connectivity index (χ4v) is 3.94. The number of amides is 1. The number of hydrogen-bond acceptors (Lipinski definition) is 8. The number of phenols is 4. The first-order chi connectivity index (χ1) is 17.5. The summed E-state index contributed by atoms with van der Waals surface area (Å²) in [4.78, 5) is 36.2. The lowest BCUT2D eigenvalue weighted by Crippen LogP contribution is -2.34. The fraction of sp³-hybridized carbons (Fsp3) is 0.192. The van der Waals surface area contributed by atoms with E-state index in [1.165, 1.54) is 18.2 Å². The topological polar surface area (TPSA) is 205 Å². The third kappa shape index (κ3) is 6.47. The number of carbonyl (C=O) groups excluding carboxylic acids is 1. The molecular weight excluding hydrogens is 486 g/mol. The summed E-state index contributed by atoms with van der Waals surface area (Å²) in [5.41, 5.74) is 0.763. The van der Waals surface area contributed by atoms with Crippen LogP contribution in [0.2, 0.25) is 0 Å². The lowest BCUT2D eigenvalue weighted by molar-refractivity contribution is -0.146. The van der Waals surface area contributed by atoms with Crippen LogP contribution >= 0.6 is 0 Å². The number of benzene rings is 3. The minimum absolute atomic E-state index is 0.0772. The highest BCUT2D eigenvalue weighted by atomic mass is 16.4. The van der Waals surface area contributed by atoms with Crippen molar-refractivity contribution in [1.82, 2.24) is 5.32 Å². The van der Waals surface area contributed by atoms with Crippen LogP contribution in [0.15, 0.2) is 60.7 Å². The van der Waals surface area contributed by atoms with Gasteiger partial charge in [-0.15, -0.1) is 0 Å². The number of aliphatic carboxylic acids is 2. The standard InChI is InChI=1S/C26H25NO10/c28-18-7-6-14(8-19(18)29)17(12-23(33)27-24(26(36)37)13-4-2-1-3-5-13)16-11-21(31)20(30)9-15(16)10-22(32)25(34)35/h1-9,11,17,22,24,28-32H,10,12H2,(H,27,33)(H,34,35)(H,36,37)/t17-,22-,24-/m1/s1. The molecule has 3 rings (SSSR count). The minimum Gasteiger partial charge on any atom is -0.504 e. The van der Waals surface area contributed by atoms with Gasteiger partial charge in [0.05, 0.1) is 0 Å². The Bertz CT molecular complexity index is 1310. The summed E-state index contributed by atoms with van der Waals surface area (Å²) < 4.78 is 0. The molecule has 37 heavy (non-hydrogen) atoms. The first kappa shape index (κ1) is 26.8. The van der Waals surface area contributed by atoms with Crippen molar-refractivity contribution in [2.45, 2.75) is 30.9 Å². The van der Waals surface area contributed by atoms with Gasteiger partial charge in [-0.25, -0.2) is 9.59 Å². The Morgan fingerprint density at radius 2 is 1.35 bits per heavy atom. The molecule has 0 fully saturated rings. The molecule has 0 radical (unpaired) electrons. The van der Waals surface area contributed by atoms with Gasteiger partial charge in [0, 0.05) is 18.8 Å². The molecular formula is C26H25NO10. The summed E-state index contributed by atoms with van der Waals surface area (Å²) in [6.07, 6.45) is -2.82. The van der Waals surface area contributed by atoms with Gasteiger partial charge in [-0.05, 0) is 46.5 Å². The predicted molar refractivity (Wildman–Crippen MR) is 128 cm³/mol. The molecule has 11 heteroatoms. The van der Waals surface area contributed by atoms with Crippen molar-refractivity contribution in [2.75, 3.05) is 0 Å². The van der Waals surface area contributed by atoms with E-state index in [0.29, 0.717) is 5.56 Å². The van der Waals surface area contributed by atoms with Crippen LogP contribution in [0.4, 0.5) is 0 Å². The van der Waals surface area contributed by atoms with E-state index < -0.39 is 71.7 Å². The molecule has 0 heterocycles. The van der Waals surface area contributed by atoms with Gasteiger partial charge >= 0.3 is 11.9 Å². The second-order valence-electron chi connectivity index (χ2n) is 8.35. The van der Waals surface area contributed by atoms with Gasteiger partial charge in [0.1, 0.15) is 0 Å². The second kappa shape index (κ2) is 11.3. The summed E-state index contributed by atoms with van der Waals surface area (Å²) in [5.74, 6) is -6.78. The Balaban J connectivity index is 2.06. The quantitative estimate of drug-likeness (QED) is 0.186. The van der Waals surface area contributed by atoms with E-state index in [-0.39, 0.29) is 16.7 Å². The number of carbonyl (C=O) groups is 3. The van der Waals surface area contributed by atoms with Crippen molar-refractivity contribution in [1.29, 1.82) is 0 Å². The molecule has 0 saturated carbocycles. The number of nitrogens with one attached hydrogen (secondary N) is 1. The van der Waals surface area contributed by atoms with E-state index in [9.17, 15) is 45.0 Å². The number of aliphatic hydroxyl groups excluding tert-OH is 1. The Hall–Kier alpha value is -4.77. The predicted octanol–water partition coefficient (Wildman–Crippen LogP) is 1.96. The molecule has 3 atom stereocenters. The average Bonchev–Trinajstić information content (AvgIpc) is 2.85. The van der Waals surface area contributed by atoms with Crippen LogP contribution in [-0.2, 0) is 20.8 Å². The van der Waals surface area contributed by atoms with Crippen molar-refractivity contribution >= 4 is 17.8 Å². The molecule has 11 nitrogen and oxygen atoms in total. The van der Waals surface area contributed by atoms with Crippen molar-refractivity contribution in [3.8, 4) is 23.0 Å². The Kier molecular flexibility index (Phi) is 8.20. The molecule has 0 unspecified atom stereocenters. The molecule has 0 saturated heterocycles. The highest BCUT2D eigenvalue weighted by Gasteiger charge is 2.28. The number of hydrogen-bond donors (Lipinski definition) is 8. The normalized spacial score (nSPS) is 13.3. The summed E-state index contributed by atoms with van der Waals surface area (Å²) in [6, 6.07) is 12.4. The van der Waals surface area contributed by atoms with Crippen molar-refractivity contribution in [3.05, 3.63) is 82.9 Å². The third-order valence-electron chi connectivity index (χ3n) is 5.79. The first-order valence-electron chi connectivity index (χ1n) is 11.0. The molecule has 0 spiro atoms. The molecule has 194 valence electrons. The summed E-state index contributed by atoms with van der Waals surface area (Å²) in [7, 11) is 0. The molecule has 0 aliphatic carbocycles. The van der Waals surface area contributed by atoms with Crippen LogP contribution in [0.3, 0.4) is 0 Å². The summed E-state index contributed by atoms with van der Waals surface area (Å²) >= 11 is 0. The first-order valence-corrected chi connectivity index (χ1v) is 11.0. The van der Waals surface area contributed by atoms with Crippen LogP contribution in [0.1, 0.15) is 40.6 Å². The molecule has 3 aromatic carbocycles. The molecule has 0 aromatic heterocycles. The van der Waals surface area contributed by atoms with E-state index in [1.807, 2.05) is 0 Å². The van der Waals surface area contributed by atoms with E-state index in [1.54, 1.807) is 18.2 Å². The number of phenolic OH excluding ortho intramolecular Hbond substituents is 4. The maximum Gasteiger partial charge on any atom is 0.332 e. The van der Waals surface area contributed by atoms with Crippen LogP contribution < -0.4 is 5.32 Å². The van der Waals surface area contributed by atoms with Gasteiger partial charge in [0.2, 0.25) is 5.91 Å². The molecule has 0 aliphatic heterocycles. The van der Waals surface area contributed by atoms with E-state index in [2.05, 4.69) is 5.32 Å². The average molecular weight is 511 g/mol. The van der Waals surface area contributed by atoms with Crippen molar-refractivity contribution < 1.29 is 50.1 Å². The van der Waals surface area contributed by atoms with Crippen LogP contribution in [0.25, 0.3) is 0 Å². The van der Waals surface area contributed by atoms with Gasteiger partial charge in [0.25, 0.3) is 0 Å². The second-order valence-corrected chi connectivity index (χ2v) is 8.35. The highest BCUT2D eigenvalue weighted by Crippen LogP contribution is 2.39. The third-order valence-corrected chi connectivity index (χ3v) is 5.79. The fourth-order valence-electron chi connectivity index (χ4n) is 3.94. The summed E-state index contributed by atoms with van der Waals surface area (Å²) in [6.45, 7) is 0. The van der Waals surface area contributed by atoms with Crippen LogP contribution in [0.5, 0.6) is 23.0 Å². The molecule has 0 bridgehead atoms. The Morgan fingerprint density at radius 3 is 1.95 bits per heavy atom. The van der Waals surface area contributed by atoms with Gasteiger partial charge in [-0.1, -0.05) is 36.4 Å². The molecule has 3 aromatic rings. The zero-order valence-corrected chi connectivity index (χ0v) is 19.3. The van der Waals surface area contributed by atoms with Crippen molar-refractivity contribution in [2.24, 2.45) is 0 Å². The minimum atomic E-state index is -1.88. The number of aliphatic hydroxyl groups is 1. The van der Waals surface area contributed by atoms with E-state index >= 15 is 0 Å². The lowest BCUT2D eigenvalue weighted by atomic mass is 9.83. The van der Waals surface area contributed by atoms with Gasteiger partial charge in [-0.3, -0.25) is 4.79 Å². The zero-order chi connectivity index (χ0) is 27.3. The lowest BCUT2D eigenvalue weighted by Gasteiger charge is -2.24. The molecule has 0 aliphatic rings. The monoisotopic (exact) mass is 511 g/mol. The summed E-state index contributed by atoms with van der Waals surface area (Å²) in [5, 5.41) is 71.1. The van der Waals surface area contributed by atoms with Gasteiger partial charge in [-0.2, -0.15) is 0 Å². The maximum absolute atomic E-state index is 13.1. The number of carboxylic acids is 2. The smallest absolute Gasteiger partial charge is 0.332 e. The SMILES string of the molecule is O=C(C[C@H](c1ccc(O)c(O)c1)c1cc(O)c(O)cc1C[C@@H](O)C(=O)O)N[C@@H](C(=O)O)c1ccccc1.